The number of carbonyl (C=O) groups is 1. The van der Waals surface area contributed by atoms with Crippen LogP contribution < -0.4 is 5.32 Å². The van der Waals surface area contributed by atoms with Crippen LogP contribution in [0, 0.1) is 5.82 Å². The molecule has 0 saturated carbocycles. The lowest BCUT2D eigenvalue weighted by Crippen LogP contribution is -2.39. The molecule has 1 aliphatic rings. The summed E-state index contributed by atoms with van der Waals surface area (Å²) in [7, 11) is 0. The van der Waals surface area contributed by atoms with Gasteiger partial charge in [-0.05, 0) is 49.2 Å². The lowest BCUT2D eigenvalue weighted by molar-refractivity contribution is 0.0706. The van der Waals surface area contributed by atoms with Crippen LogP contribution in [0.5, 0.6) is 0 Å². The molecule has 1 amide bonds. The van der Waals surface area contributed by atoms with Crippen molar-refractivity contribution in [1.29, 1.82) is 0 Å². The maximum atomic E-state index is 13.1. The molecule has 1 aliphatic heterocycles. The molecule has 3 aromatic rings. The van der Waals surface area contributed by atoms with E-state index < -0.39 is 0 Å². The number of anilines is 2. The third-order valence-electron chi connectivity index (χ3n) is 4.68. The Kier molecular flexibility index (Phi) is 5.18. The summed E-state index contributed by atoms with van der Waals surface area (Å²) in [6.45, 7) is 1.25. The monoisotopic (exact) mass is 378 g/mol. The summed E-state index contributed by atoms with van der Waals surface area (Å²) in [5, 5.41) is 2.99. The number of hydrogen-bond acceptors (Lipinski definition) is 6. The van der Waals surface area contributed by atoms with Crippen LogP contribution in [0.1, 0.15) is 34.8 Å². The highest BCUT2D eigenvalue weighted by Gasteiger charge is 2.26. The normalized spacial score (nSPS) is 16.6. The molecule has 4 rings (SSSR count). The van der Waals surface area contributed by atoms with Crippen LogP contribution in [0.3, 0.4) is 0 Å². The Morgan fingerprint density at radius 2 is 1.79 bits per heavy atom. The molecule has 3 heterocycles. The number of rotatable bonds is 4. The average molecular weight is 378 g/mol. The molecule has 28 heavy (non-hydrogen) atoms. The van der Waals surface area contributed by atoms with Crippen molar-refractivity contribution in [2.45, 2.75) is 18.8 Å². The molecule has 1 aromatic carbocycles. The van der Waals surface area contributed by atoms with Gasteiger partial charge >= 0.3 is 0 Å². The zero-order chi connectivity index (χ0) is 19.3. The topological polar surface area (TPSA) is 83.9 Å². The summed E-state index contributed by atoms with van der Waals surface area (Å²) in [4.78, 5) is 31.6. The van der Waals surface area contributed by atoms with Gasteiger partial charge in [0.1, 0.15) is 5.82 Å². The summed E-state index contributed by atoms with van der Waals surface area (Å²) in [6, 6.07) is 9.26. The minimum atomic E-state index is -0.350. The molecule has 2 aromatic heterocycles. The van der Waals surface area contributed by atoms with E-state index in [0.717, 1.165) is 18.5 Å². The quantitative estimate of drug-likeness (QED) is 0.751. The zero-order valence-electron chi connectivity index (χ0n) is 15.1. The minimum Gasteiger partial charge on any atom is -0.338 e. The average Bonchev–Trinajstić information content (AvgIpc) is 2.75. The van der Waals surface area contributed by atoms with Crippen LogP contribution in [0.2, 0.25) is 0 Å². The molecule has 1 N–H and O–H groups in total. The number of nitrogens with zero attached hydrogens (tertiary/aromatic N) is 5. The molecule has 7 nitrogen and oxygen atoms in total. The van der Waals surface area contributed by atoms with Crippen molar-refractivity contribution in [3.63, 3.8) is 0 Å². The highest BCUT2D eigenvalue weighted by Crippen LogP contribution is 2.27. The predicted molar refractivity (Wildman–Crippen MR) is 102 cm³/mol. The van der Waals surface area contributed by atoms with Gasteiger partial charge in [0.25, 0.3) is 5.91 Å². The zero-order valence-corrected chi connectivity index (χ0v) is 15.1. The highest BCUT2D eigenvalue weighted by molar-refractivity contribution is 5.94. The summed E-state index contributed by atoms with van der Waals surface area (Å²) < 4.78 is 13.1. The molecule has 1 fully saturated rings. The number of amides is 1. The predicted octanol–water partition coefficient (Wildman–Crippen LogP) is 3.17. The second-order valence-electron chi connectivity index (χ2n) is 6.60. The number of aromatic nitrogens is 4. The molecule has 142 valence electrons. The second-order valence-corrected chi connectivity index (χ2v) is 6.60. The number of hydrogen-bond donors (Lipinski definition) is 1. The van der Waals surface area contributed by atoms with Gasteiger partial charge in [-0.25, -0.2) is 24.3 Å². The third-order valence-corrected chi connectivity index (χ3v) is 4.68. The van der Waals surface area contributed by atoms with Gasteiger partial charge < -0.3 is 4.90 Å². The van der Waals surface area contributed by atoms with Crippen LogP contribution >= 0.6 is 0 Å². The van der Waals surface area contributed by atoms with E-state index in [2.05, 4.69) is 25.3 Å². The molecule has 1 saturated heterocycles. The van der Waals surface area contributed by atoms with Crippen molar-refractivity contribution in [3.05, 3.63) is 72.1 Å². The summed E-state index contributed by atoms with van der Waals surface area (Å²) in [5.41, 5.74) is 1.36. The first-order valence-corrected chi connectivity index (χ1v) is 9.11. The van der Waals surface area contributed by atoms with Gasteiger partial charge in [-0.2, -0.15) is 0 Å². The standard InChI is InChI=1S/C20H19FN6O/c21-16-6-4-14(5-7-16)18(28)27-12-1-3-15(13-27)17-8-11-24-20(25-17)26-19-22-9-2-10-23-19/h2,4-11,15H,1,3,12-13H2,(H,22,23,24,25,26)/t15-/m0/s1. The van der Waals surface area contributed by atoms with Crippen LogP contribution in [-0.4, -0.2) is 43.8 Å². The lowest BCUT2D eigenvalue weighted by atomic mass is 9.94. The first-order chi connectivity index (χ1) is 13.7. The summed E-state index contributed by atoms with van der Waals surface area (Å²) in [5.74, 6) is 0.520. The SMILES string of the molecule is O=C(c1ccc(F)cc1)N1CCC[C@H](c2ccnc(Nc3ncccn3)n2)C1. The Hall–Kier alpha value is -3.42. The third kappa shape index (κ3) is 4.11. The van der Waals surface area contributed by atoms with E-state index in [9.17, 15) is 9.18 Å². The van der Waals surface area contributed by atoms with Crippen LogP contribution in [0.15, 0.2) is 55.0 Å². The van der Waals surface area contributed by atoms with Crippen LogP contribution in [0.25, 0.3) is 0 Å². The molecule has 0 spiro atoms. The van der Waals surface area contributed by atoms with Gasteiger partial charge in [0, 0.05) is 43.2 Å². The van der Waals surface area contributed by atoms with E-state index in [4.69, 9.17) is 0 Å². The maximum absolute atomic E-state index is 13.1. The Morgan fingerprint density at radius 3 is 2.57 bits per heavy atom. The fraction of sp³-hybridized carbons (Fsp3) is 0.250. The minimum absolute atomic E-state index is 0.0882. The number of halogens is 1. The number of carbonyl (C=O) groups excluding carboxylic acids is 1. The van der Waals surface area contributed by atoms with E-state index in [0.29, 0.717) is 30.5 Å². The van der Waals surface area contributed by atoms with E-state index >= 15 is 0 Å². The highest BCUT2D eigenvalue weighted by atomic mass is 19.1. The van der Waals surface area contributed by atoms with Crippen molar-refractivity contribution >= 4 is 17.8 Å². The molecule has 0 aliphatic carbocycles. The lowest BCUT2D eigenvalue weighted by Gasteiger charge is -2.32. The fourth-order valence-corrected chi connectivity index (χ4v) is 3.30. The summed E-state index contributed by atoms with van der Waals surface area (Å²) in [6.07, 6.45) is 6.78. The first-order valence-electron chi connectivity index (χ1n) is 9.11. The van der Waals surface area contributed by atoms with Gasteiger partial charge in [-0.3, -0.25) is 10.1 Å². The molecular weight excluding hydrogens is 359 g/mol. The van der Waals surface area contributed by atoms with Crippen molar-refractivity contribution in [2.24, 2.45) is 0 Å². The molecular formula is C20H19FN6O. The largest absolute Gasteiger partial charge is 0.338 e. The summed E-state index contributed by atoms with van der Waals surface area (Å²) >= 11 is 0. The van der Waals surface area contributed by atoms with E-state index in [-0.39, 0.29) is 17.6 Å². The molecule has 8 heteroatoms. The number of nitrogens with one attached hydrogen (secondary N) is 1. The van der Waals surface area contributed by atoms with Crippen LogP contribution in [0.4, 0.5) is 16.3 Å². The molecule has 1 atom stereocenters. The smallest absolute Gasteiger partial charge is 0.253 e. The maximum Gasteiger partial charge on any atom is 0.253 e. The molecule has 0 radical (unpaired) electrons. The van der Waals surface area contributed by atoms with Gasteiger partial charge in [0.2, 0.25) is 11.9 Å². The van der Waals surface area contributed by atoms with Gasteiger partial charge in [-0.1, -0.05) is 0 Å². The second kappa shape index (κ2) is 8.08. The Balaban J connectivity index is 1.48. The van der Waals surface area contributed by atoms with Crippen molar-refractivity contribution in [2.75, 3.05) is 18.4 Å². The Morgan fingerprint density at radius 1 is 1.04 bits per heavy atom. The van der Waals surface area contributed by atoms with E-state index in [1.165, 1.54) is 24.3 Å². The van der Waals surface area contributed by atoms with Gasteiger partial charge in [-0.15, -0.1) is 0 Å². The van der Waals surface area contributed by atoms with Crippen molar-refractivity contribution < 1.29 is 9.18 Å². The van der Waals surface area contributed by atoms with Crippen LogP contribution in [-0.2, 0) is 0 Å². The van der Waals surface area contributed by atoms with E-state index in [1.54, 1.807) is 29.6 Å². The first kappa shape index (κ1) is 18.0. The molecule has 0 bridgehead atoms. The van der Waals surface area contributed by atoms with Gasteiger partial charge in [0.15, 0.2) is 0 Å². The van der Waals surface area contributed by atoms with Crippen molar-refractivity contribution in [1.82, 2.24) is 24.8 Å². The number of piperidine rings is 1. The number of likely N-dealkylation sites (tertiary alicyclic amines) is 1. The Bertz CT molecular complexity index is 950. The Labute approximate surface area is 161 Å². The van der Waals surface area contributed by atoms with E-state index in [1.807, 2.05) is 6.07 Å². The van der Waals surface area contributed by atoms with Gasteiger partial charge in [0.05, 0.1) is 5.69 Å². The fourth-order valence-electron chi connectivity index (χ4n) is 3.30. The molecule has 0 unspecified atom stereocenters. The van der Waals surface area contributed by atoms with Crippen molar-refractivity contribution in [3.8, 4) is 0 Å². The number of benzene rings is 1.